The van der Waals surface area contributed by atoms with E-state index < -0.39 is 40.8 Å². The number of hydrogen-bond donors (Lipinski definition) is 1. The van der Waals surface area contributed by atoms with Gasteiger partial charge in [-0.05, 0) is 18.1 Å². The molecule has 1 N–H and O–H groups in total. The molecule has 0 spiro atoms. The van der Waals surface area contributed by atoms with E-state index in [1.54, 1.807) is 37.3 Å². The highest BCUT2D eigenvalue weighted by molar-refractivity contribution is 7.85. The van der Waals surface area contributed by atoms with Crippen LogP contribution in [0.1, 0.15) is 18.1 Å². The first-order valence-corrected chi connectivity index (χ1v) is 11.6. The molecule has 1 heterocycles. The highest BCUT2D eigenvalue weighted by Crippen LogP contribution is 2.29. The second-order valence-corrected chi connectivity index (χ2v) is 8.92. The van der Waals surface area contributed by atoms with Gasteiger partial charge in [0.25, 0.3) is 10.1 Å². The summed E-state index contributed by atoms with van der Waals surface area (Å²) in [7, 11) is -4.03. The molecule has 1 aliphatic rings. The minimum absolute atomic E-state index is 0.133. The molecule has 0 amide bonds. The molecule has 168 valence electrons. The van der Waals surface area contributed by atoms with Gasteiger partial charge in [0.05, 0.1) is 19.3 Å². The largest absolute Gasteiger partial charge is 0.368 e. The predicted molar refractivity (Wildman–Crippen MR) is 115 cm³/mol. The molecule has 0 radical (unpaired) electrons. The van der Waals surface area contributed by atoms with Crippen molar-refractivity contribution in [1.29, 1.82) is 0 Å². The van der Waals surface area contributed by atoms with Crippen molar-refractivity contribution in [3.05, 3.63) is 84.4 Å². The van der Waals surface area contributed by atoms with Gasteiger partial charge >= 0.3 is 0 Å². The first kappa shape index (κ1) is 23.6. The zero-order valence-electron chi connectivity index (χ0n) is 17.4. The Labute approximate surface area is 183 Å². The van der Waals surface area contributed by atoms with Gasteiger partial charge < -0.3 is 19.3 Å². The molecule has 1 saturated heterocycles. The average molecular weight is 449 g/mol. The quantitative estimate of drug-likeness (QED) is 0.441. The topological polar surface area (TPSA) is 91.3 Å². The molecule has 1 fully saturated rings. The fraction of sp³-hybridized carbons (Fsp3) is 0.391. The van der Waals surface area contributed by atoms with Crippen LogP contribution in [-0.2, 0) is 40.9 Å². The summed E-state index contributed by atoms with van der Waals surface area (Å²) in [5, 5.41) is 10.5. The van der Waals surface area contributed by atoms with Crippen LogP contribution in [-0.4, -0.2) is 50.8 Å². The van der Waals surface area contributed by atoms with Crippen LogP contribution in [0.2, 0.25) is 0 Å². The van der Waals surface area contributed by atoms with Crippen LogP contribution in [0.4, 0.5) is 0 Å². The molecule has 31 heavy (non-hydrogen) atoms. The number of aliphatic hydroxyl groups is 1. The number of rotatable bonds is 10. The molecular formula is C23H28O7S. The number of ether oxygens (including phenoxy) is 3. The van der Waals surface area contributed by atoms with Crippen LogP contribution in [0.15, 0.2) is 73.3 Å². The Hall–Kier alpha value is -2.07. The van der Waals surface area contributed by atoms with Crippen LogP contribution in [0.25, 0.3) is 0 Å². The second kappa shape index (κ2) is 11.0. The SMILES string of the molecule is C=CCO[C@H]1[C@H](OCc2ccccc2)[C@@H](C)O[C@H](O)[C@H]1OS(=O)(=O)Cc1ccccc1. The highest BCUT2D eigenvalue weighted by Gasteiger charge is 2.48. The van der Waals surface area contributed by atoms with Crippen molar-refractivity contribution in [3.63, 3.8) is 0 Å². The molecule has 2 aromatic carbocycles. The van der Waals surface area contributed by atoms with Gasteiger partial charge in [-0.3, -0.25) is 4.18 Å². The van der Waals surface area contributed by atoms with Crippen molar-refractivity contribution in [1.82, 2.24) is 0 Å². The van der Waals surface area contributed by atoms with Crippen molar-refractivity contribution in [3.8, 4) is 0 Å². The summed E-state index contributed by atoms with van der Waals surface area (Å²) in [6.45, 7) is 5.78. The lowest BCUT2D eigenvalue weighted by Crippen LogP contribution is -2.59. The van der Waals surface area contributed by atoms with Crippen molar-refractivity contribution < 1.29 is 31.9 Å². The van der Waals surface area contributed by atoms with Crippen molar-refractivity contribution in [2.75, 3.05) is 6.61 Å². The summed E-state index contributed by atoms with van der Waals surface area (Å²) >= 11 is 0. The molecule has 7 nitrogen and oxygen atoms in total. The Bertz CT molecular complexity index is 917. The van der Waals surface area contributed by atoms with Crippen molar-refractivity contribution in [2.45, 2.75) is 50.0 Å². The van der Waals surface area contributed by atoms with Crippen LogP contribution in [0, 0.1) is 0 Å². The van der Waals surface area contributed by atoms with E-state index in [9.17, 15) is 13.5 Å². The summed E-state index contributed by atoms with van der Waals surface area (Å²) in [6, 6.07) is 18.2. The molecule has 0 unspecified atom stereocenters. The smallest absolute Gasteiger partial charge is 0.272 e. The number of benzene rings is 2. The molecule has 0 saturated carbocycles. The molecule has 1 aliphatic heterocycles. The van der Waals surface area contributed by atoms with Gasteiger partial charge in [0.2, 0.25) is 0 Å². The average Bonchev–Trinajstić information content (AvgIpc) is 2.75. The molecule has 5 atom stereocenters. The minimum Gasteiger partial charge on any atom is -0.368 e. The Balaban J connectivity index is 1.77. The summed E-state index contributed by atoms with van der Waals surface area (Å²) in [5.41, 5.74) is 1.51. The Morgan fingerprint density at radius 3 is 2.19 bits per heavy atom. The molecule has 0 bridgehead atoms. The summed E-state index contributed by atoms with van der Waals surface area (Å²) in [6.07, 6.45) is -3.34. The molecule has 0 aromatic heterocycles. The standard InChI is InChI=1S/C23H28O7S/c1-3-14-27-21-20(28-15-18-10-6-4-7-11-18)17(2)29-23(24)22(21)30-31(25,26)16-19-12-8-5-9-13-19/h3-13,17,20-24H,1,14-16H2,2H3/t17-,20-,21+,22+,23+/m1/s1. The van der Waals surface area contributed by atoms with Crippen molar-refractivity contribution in [2.24, 2.45) is 0 Å². The fourth-order valence-corrected chi connectivity index (χ4v) is 4.65. The van der Waals surface area contributed by atoms with E-state index in [0.717, 1.165) is 5.56 Å². The highest BCUT2D eigenvalue weighted by atomic mass is 32.2. The third-order valence-corrected chi connectivity index (χ3v) is 6.08. The van der Waals surface area contributed by atoms with E-state index in [1.807, 2.05) is 30.3 Å². The Morgan fingerprint density at radius 2 is 1.58 bits per heavy atom. The van der Waals surface area contributed by atoms with Gasteiger partial charge in [0, 0.05) is 0 Å². The number of aliphatic hydroxyl groups excluding tert-OH is 1. The molecule has 2 aromatic rings. The van der Waals surface area contributed by atoms with Crippen LogP contribution < -0.4 is 0 Å². The van der Waals surface area contributed by atoms with Gasteiger partial charge in [-0.25, -0.2) is 0 Å². The normalized spacial score (nSPS) is 26.5. The van der Waals surface area contributed by atoms with Crippen LogP contribution in [0.5, 0.6) is 0 Å². The van der Waals surface area contributed by atoms with E-state index in [0.29, 0.717) is 5.56 Å². The third-order valence-electron chi connectivity index (χ3n) is 4.88. The molecular weight excluding hydrogens is 420 g/mol. The van der Waals surface area contributed by atoms with Gasteiger partial charge in [-0.2, -0.15) is 8.42 Å². The number of hydrogen-bond acceptors (Lipinski definition) is 7. The first-order chi connectivity index (χ1) is 14.9. The Morgan fingerprint density at radius 1 is 0.968 bits per heavy atom. The second-order valence-electron chi connectivity index (χ2n) is 7.33. The maximum atomic E-state index is 12.7. The predicted octanol–water partition coefficient (Wildman–Crippen LogP) is 2.80. The van der Waals surface area contributed by atoms with Crippen molar-refractivity contribution >= 4 is 10.1 Å². The van der Waals surface area contributed by atoms with E-state index in [-0.39, 0.29) is 19.0 Å². The maximum absolute atomic E-state index is 12.7. The lowest BCUT2D eigenvalue weighted by atomic mass is 9.99. The van der Waals surface area contributed by atoms with E-state index in [1.165, 1.54) is 6.08 Å². The lowest BCUT2D eigenvalue weighted by molar-refractivity contribution is -0.287. The third kappa shape index (κ3) is 6.70. The molecule has 8 heteroatoms. The molecule has 3 rings (SSSR count). The van der Waals surface area contributed by atoms with E-state index in [2.05, 4.69) is 6.58 Å². The monoisotopic (exact) mass is 448 g/mol. The van der Waals surface area contributed by atoms with Crippen LogP contribution >= 0.6 is 0 Å². The zero-order chi connectivity index (χ0) is 22.3. The Kier molecular flexibility index (Phi) is 8.36. The fourth-order valence-electron chi connectivity index (χ4n) is 3.44. The summed E-state index contributed by atoms with van der Waals surface area (Å²) < 4.78 is 48.2. The maximum Gasteiger partial charge on any atom is 0.272 e. The van der Waals surface area contributed by atoms with Crippen LogP contribution in [0.3, 0.4) is 0 Å². The molecule has 0 aliphatic carbocycles. The minimum atomic E-state index is -4.03. The summed E-state index contributed by atoms with van der Waals surface area (Å²) in [5.74, 6) is -0.337. The van der Waals surface area contributed by atoms with E-state index >= 15 is 0 Å². The van der Waals surface area contributed by atoms with Gasteiger partial charge in [0.1, 0.15) is 18.0 Å². The van der Waals surface area contributed by atoms with Gasteiger partial charge in [0.15, 0.2) is 12.4 Å². The summed E-state index contributed by atoms with van der Waals surface area (Å²) in [4.78, 5) is 0. The lowest BCUT2D eigenvalue weighted by Gasteiger charge is -2.42. The first-order valence-electron chi connectivity index (χ1n) is 10.1. The van der Waals surface area contributed by atoms with Gasteiger partial charge in [-0.15, -0.1) is 6.58 Å². The van der Waals surface area contributed by atoms with E-state index in [4.69, 9.17) is 18.4 Å². The van der Waals surface area contributed by atoms with Gasteiger partial charge in [-0.1, -0.05) is 66.7 Å². The zero-order valence-corrected chi connectivity index (χ0v) is 18.2.